The Bertz CT molecular complexity index is 978. The van der Waals surface area contributed by atoms with Crippen molar-refractivity contribution in [1.82, 2.24) is 0 Å². The molecule has 0 radical (unpaired) electrons. The summed E-state index contributed by atoms with van der Waals surface area (Å²) in [6.45, 7) is 1.30. The maximum absolute atomic E-state index is 12.8. The van der Waals surface area contributed by atoms with Gasteiger partial charge in [-0.2, -0.15) is 13.2 Å². The van der Waals surface area contributed by atoms with Crippen molar-refractivity contribution in [3.05, 3.63) is 53.6 Å². The van der Waals surface area contributed by atoms with Crippen molar-refractivity contribution in [2.24, 2.45) is 0 Å². The van der Waals surface area contributed by atoms with Crippen LogP contribution in [0.15, 0.2) is 47.4 Å². The van der Waals surface area contributed by atoms with E-state index >= 15 is 0 Å². The van der Waals surface area contributed by atoms with Crippen LogP contribution in [0, 0.1) is 0 Å². The Labute approximate surface area is 167 Å². The molecule has 152 valence electrons. The van der Waals surface area contributed by atoms with Crippen molar-refractivity contribution in [2.45, 2.75) is 24.1 Å². The standard InChI is InChI=1S/C19H15F3N2O4S/c1-10(17(26)23-13-4-2-3-12(8-13)19(20,21)22)28-18(27)11-5-6-15-14(7-11)24-16(25)9-29-15/h2-8,10H,9H2,1H3,(H,23,26)(H,24,25). The molecule has 29 heavy (non-hydrogen) atoms. The van der Waals surface area contributed by atoms with Gasteiger partial charge in [-0.1, -0.05) is 6.07 Å². The highest BCUT2D eigenvalue weighted by Gasteiger charge is 2.30. The highest BCUT2D eigenvalue weighted by molar-refractivity contribution is 8.00. The third-order valence-electron chi connectivity index (χ3n) is 3.96. The van der Waals surface area contributed by atoms with Crippen LogP contribution in [-0.4, -0.2) is 29.6 Å². The van der Waals surface area contributed by atoms with Gasteiger partial charge in [0.25, 0.3) is 5.91 Å². The quantitative estimate of drug-likeness (QED) is 0.727. The number of esters is 1. The van der Waals surface area contributed by atoms with Crippen LogP contribution in [0.1, 0.15) is 22.8 Å². The van der Waals surface area contributed by atoms with Gasteiger partial charge in [-0.05, 0) is 43.3 Å². The zero-order chi connectivity index (χ0) is 21.2. The first kappa shape index (κ1) is 20.7. The van der Waals surface area contributed by atoms with Gasteiger partial charge in [-0.15, -0.1) is 11.8 Å². The van der Waals surface area contributed by atoms with Crippen LogP contribution in [-0.2, 0) is 20.5 Å². The minimum absolute atomic E-state index is 0.0683. The zero-order valence-electron chi connectivity index (χ0n) is 15.0. The van der Waals surface area contributed by atoms with Crippen LogP contribution in [0.25, 0.3) is 0 Å². The number of nitrogens with one attached hydrogen (secondary N) is 2. The number of amides is 2. The number of anilines is 2. The maximum Gasteiger partial charge on any atom is 0.416 e. The third-order valence-corrected chi connectivity index (χ3v) is 5.03. The van der Waals surface area contributed by atoms with E-state index in [1.807, 2.05) is 0 Å². The van der Waals surface area contributed by atoms with Crippen molar-refractivity contribution >= 4 is 40.9 Å². The van der Waals surface area contributed by atoms with E-state index in [9.17, 15) is 27.6 Å². The molecule has 2 N–H and O–H groups in total. The fourth-order valence-corrected chi connectivity index (χ4v) is 3.30. The molecule has 3 rings (SSSR count). The topological polar surface area (TPSA) is 84.5 Å². The molecule has 0 aromatic heterocycles. The Morgan fingerprint density at radius 1 is 1.21 bits per heavy atom. The molecule has 0 aliphatic carbocycles. The van der Waals surface area contributed by atoms with Gasteiger partial charge in [-0.25, -0.2) is 4.79 Å². The number of ether oxygens (including phenoxy) is 1. The van der Waals surface area contributed by atoms with E-state index < -0.39 is 29.7 Å². The molecule has 2 aromatic carbocycles. The summed E-state index contributed by atoms with van der Waals surface area (Å²) >= 11 is 1.33. The molecule has 0 saturated carbocycles. The smallest absolute Gasteiger partial charge is 0.416 e. The summed E-state index contributed by atoms with van der Waals surface area (Å²) in [6.07, 6.45) is -5.80. The lowest BCUT2D eigenvalue weighted by molar-refractivity contribution is -0.137. The molecule has 0 fully saturated rings. The second-order valence-corrected chi connectivity index (χ2v) is 7.18. The Morgan fingerprint density at radius 2 is 1.97 bits per heavy atom. The summed E-state index contributed by atoms with van der Waals surface area (Å²) in [5.41, 5.74) is -0.373. The SMILES string of the molecule is CC(OC(=O)c1ccc2c(c1)NC(=O)CS2)C(=O)Nc1cccc(C(F)(F)F)c1. The van der Waals surface area contributed by atoms with Crippen LogP contribution >= 0.6 is 11.8 Å². The van der Waals surface area contributed by atoms with Gasteiger partial charge < -0.3 is 15.4 Å². The summed E-state index contributed by atoms with van der Waals surface area (Å²) in [7, 11) is 0. The van der Waals surface area contributed by atoms with Crippen LogP contribution in [0.2, 0.25) is 0 Å². The highest BCUT2D eigenvalue weighted by Crippen LogP contribution is 2.32. The van der Waals surface area contributed by atoms with Crippen molar-refractivity contribution in [3.63, 3.8) is 0 Å². The predicted octanol–water partition coefficient (Wildman–Crippen LogP) is 3.93. The minimum atomic E-state index is -4.54. The number of fused-ring (bicyclic) bond motifs is 1. The van der Waals surface area contributed by atoms with Gasteiger partial charge in [0.15, 0.2) is 6.10 Å². The van der Waals surface area contributed by atoms with Gasteiger partial charge in [-0.3, -0.25) is 9.59 Å². The molecule has 0 saturated heterocycles. The summed E-state index contributed by atoms with van der Waals surface area (Å²) in [5.74, 6) is -1.49. The molecular formula is C19H15F3N2O4S. The van der Waals surface area contributed by atoms with E-state index in [0.717, 1.165) is 23.1 Å². The molecule has 0 spiro atoms. The Balaban J connectivity index is 1.65. The number of carbonyl (C=O) groups excluding carboxylic acids is 3. The number of hydrogen-bond acceptors (Lipinski definition) is 5. The van der Waals surface area contributed by atoms with E-state index in [-0.39, 0.29) is 22.9 Å². The molecule has 1 heterocycles. The summed E-state index contributed by atoms with van der Waals surface area (Å²) in [5, 5.41) is 4.93. The second kappa shape index (κ2) is 8.16. The number of carbonyl (C=O) groups is 3. The monoisotopic (exact) mass is 424 g/mol. The Morgan fingerprint density at radius 3 is 2.69 bits per heavy atom. The zero-order valence-corrected chi connectivity index (χ0v) is 15.8. The first-order valence-corrected chi connectivity index (χ1v) is 9.38. The largest absolute Gasteiger partial charge is 0.449 e. The number of halogens is 3. The first-order chi connectivity index (χ1) is 13.6. The molecule has 2 amide bonds. The fraction of sp³-hybridized carbons (Fsp3) is 0.211. The number of rotatable bonds is 4. The molecule has 0 bridgehead atoms. The lowest BCUT2D eigenvalue weighted by Crippen LogP contribution is -2.30. The third kappa shape index (κ3) is 5.08. The van der Waals surface area contributed by atoms with Crippen molar-refractivity contribution in [2.75, 3.05) is 16.4 Å². The second-order valence-electron chi connectivity index (χ2n) is 6.16. The minimum Gasteiger partial charge on any atom is -0.449 e. The van der Waals surface area contributed by atoms with Gasteiger partial charge in [0, 0.05) is 10.6 Å². The Hall–Kier alpha value is -3.01. The van der Waals surface area contributed by atoms with Crippen molar-refractivity contribution < 1.29 is 32.3 Å². The number of hydrogen-bond donors (Lipinski definition) is 2. The molecule has 6 nitrogen and oxygen atoms in total. The highest BCUT2D eigenvalue weighted by atomic mass is 32.2. The van der Waals surface area contributed by atoms with E-state index in [1.54, 1.807) is 6.07 Å². The van der Waals surface area contributed by atoms with E-state index in [0.29, 0.717) is 5.69 Å². The summed E-state index contributed by atoms with van der Waals surface area (Å²) in [4.78, 5) is 36.7. The average Bonchev–Trinajstić information content (AvgIpc) is 2.66. The van der Waals surface area contributed by atoms with Crippen molar-refractivity contribution in [3.8, 4) is 0 Å². The number of thioether (sulfide) groups is 1. The van der Waals surface area contributed by atoms with Gasteiger partial charge >= 0.3 is 12.1 Å². The van der Waals surface area contributed by atoms with E-state index in [4.69, 9.17) is 4.74 Å². The molecular weight excluding hydrogens is 409 g/mol. The number of benzene rings is 2. The molecule has 1 unspecified atom stereocenters. The van der Waals surface area contributed by atoms with Gasteiger partial charge in [0.1, 0.15) is 0 Å². The fourth-order valence-electron chi connectivity index (χ4n) is 2.51. The molecule has 2 aromatic rings. The van der Waals surface area contributed by atoms with E-state index in [1.165, 1.54) is 36.9 Å². The normalized spacial score (nSPS) is 14.4. The van der Waals surface area contributed by atoms with Gasteiger partial charge in [0.2, 0.25) is 5.91 Å². The first-order valence-electron chi connectivity index (χ1n) is 8.39. The Kier molecular flexibility index (Phi) is 5.83. The van der Waals surface area contributed by atoms with Crippen LogP contribution < -0.4 is 10.6 Å². The van der Waals surface area contributed by atoms with E-state index in [2.05, 4.69) is 10.6 Å². The molecule has 1 atom stereocenters. The van der Waals surface area contributed by atoms with Crippen molar-refractivity contribution in [1.29, 1.82) is 0 Å². The lowest BCUT2D eigenvalue weighted by atomic mass is 10.2. The molecule has 10 heteroatoms. The lowest BCUT2D eigenvalue weighted by Gasteiger charge is -2.18. The van der Waals surface area contributed by atoms with Gasteiger partial charge in [0.05, 0.1) is 22.6 Å². The molecule has 1 aliphatic rings. The number of alkyl halides is 3. The molecule has 1 aliphatic heterocycles. The van der Waals surface area contributed by atoms with Crippen LogP contribution in [0.5, 0.6) is 0 Å². The van der Waals surface area contributed by atoms with Crippen LogP contribution in [0.3, 0.4) is 0 Å². The summed E-state index contributed by atoms with van der Waals surface area (Å²) in [6, 6.07) is 8.73. The average molecular weight is 424 g/mol. The summed E-state index contributed by atoms with van der Waals surface area (Å²) < 4.78 is 43.4. The predicted molar refractivity (Wildman–Crippen MR) is 101 cm³/mol. The maximum atomic E-state index is 12.8. The van der Waals surface area contributed by atoms with Crippen LogP contribution in [0.4, 0.5) is 24.5 Å².